The van der Waals surface area contributed by atoms with Gasteiger partial charge in [-0.15, -0.1) is 10.2 Å². The largest absolute Gasteiger partial charge is 0.385 e. The highest BCUT2D eigenvalue weighted by molar-refractivity contribution is 5.79. The summed E-state index contributed by atoms with van der Waals surface area (Å²) in [7, 11) is 3.66. The number of aryl methyl sites for hydroxylation is 1. The summed E-state index contributed by atoms with van der Waals surface area (Å²) < 4.78 is 6.98. The van der Waals surface area contributed by atoms with E-state index in [2.05, 4.69) is 32.7 Å². The Kier molecular flexibility index (Phi) is 7.64. The molecule has 0 aliphatic heterocycles. The number of methoxy groups -OCH3 is 1. The van der Waals surface area contributed by atoms with Crippen molar-refractivity contribution in [1.82, 2.24) is 25.4 Å². The zero-order valence-corrected chi connectivity index (χ0v) is 12.9. The summed E-state index contributed by atoms with van der Waals surface area (Å²) in [5.41, 5.74) is 0. The molecule has 0 spiro atoms. The van der Waals surface area contributed by atoms with Crippen molar-refractivity contribution in [2.24, 2.45) is 12.0 Å². The summed E-state index contributed by atoms with van der Waals surface area (Å²) in [6, 6.07) is 0. The molecule has 7 nitrogen and oxygen atoms in total. The molecule has 0 fully saturated rings. The lowest BCUT2D eigenvalue weighted by molar-refractivity contribution is 0.195. The van der Waals surface area contributed by atoms with Gasteiger partial charge in [0.25, 0.3) is 0 Å². The second-order valence-corrected chi connectivity index (χ2v) is 4.59. The van der Waals surface area contributed by atoms with Gasteiger partial charge in [0.05, 0.1) is 0 Å². The van der Waals surface area contributed by atoms with Crippen LogP contribution in [0.2, 0.25) is 0 Å². The fourth-order valence-corrected chi connectivity index (χ4v) is 1.58. The molecular weight excluding hydrogens is 256 g/mol. The molecule has 0 aromatic carbocycles. The van der Waals surface area contributed by atoms with Crippen molar-refractivity contribution in [2.75, 3.05) is 26.8 Å². The Hall–Kier alpha value is -1.63. The molecule has 0 aliphatic rings. The van der Waals surface area contributed by atoms with Crippen LogP contribution in [-0.4, -0.2) is 47.5 Å². The third-order valence-corrected chi connectivity index (χ3v) is 2.92. The van der Waals surface area contributed by atoms with Gasteiger partial charge in [0.15, 0.2) is 11.8 Å². The van der Waals surface area contributed by atoms with Gasteiger partial charge in [0, 0.05) is 33.9 Å². The smallest absolute Gasteiger partial charge is 0.191 e. The summed E-state index contributed by atoms with van der Waals surface area (Å²) >= 11 is 0. The summed E-state index contributed by atoms with van der Waals surface area (Å²) in [6.45, 7) is 7.05. The van der Waals surface area contributed by atoms with Crippen molar-refractivity contribution in [1.29, 1.82) is 0 Å². The van der Waals surface area contributed by atoms with Gasteiger partial charge in [-0.2, -0.15) is 0 Å². The molecule has 114 valence electrons. The van der Waals surface area contributed by atoms with Crippen molar-refractivity contribution in [3.8, 4) is 0 Å². The van der Waals surface area contributed by atoms with E-state index >= 15 is 0 Å². The SMILES string of the molecule is CCCNC(=NCc1nnc(C)n1C)NCCCOC. The zero-order chi connectivity index (χ0) is 14.8. The first-order valence-corrected chi connectivity index (χ1v) is 7.05. The molecule has 0 bridgehead atoms. The topological polar surface area (TPSA) is 76.4 Å². The normalized spacial score (nSPS) is 11.7. The van der Waals surface area contributed by atoms with Crippen LogP contribution in [0.25, 0.3) is 0 Å². The molecule has 20 heavy (non-hydrogen) atoms. The van der Waals surface area contributed by atoms with Crippen LogP contribution in [0.1, 0.15) is 31.4 Å². The zero-order valence-electron chi connectivity index (χ0n) is 12.9. The molecule has 2 N–H and O–H groups in total. The minimum Gasteiger partial charge on any atom is -0.385 e. The second kappa shape index (κ2) is 9.30. The average molecular weight is 282 g/mol. The van der Waals surface area contributed by atoms with E-state index in [-0.39, 0.29) is 0 Å². The van der Waals surface area contributed by atoms with Crippen LogP contribution in [-0.2, 0) is 18.3 Å². The Morgan fingerprint density at radius 2 is 2.05 bits per heavy atom. The number of nitrogens with one attached hydrogen (secondary N) is 2. The predicted molar refractivity (Wildman–Crippen MR) is 79.7 cm³/mol. The number of hydrogen-bond donors (Lipinski definition) is 2. The van der Waals surface area contributed by atoms with Gasteiger partial charge in [-0.1, -0.05) is 6.92 Å². The lowest BCUT2D eigenvalue weighted by Crippen LogP contribution is -2.38. The third kappa shape index (κ3) is 5.56. The number of nitrogens with zero attached hydrogens (tertiary/aromatic N) is 4. The van der Waals surface area contributed by atoms with E-state index in [1.807, 2.05) is 18.5 Å². The molecule has 0 atom stereocenters. The van der Waals surface area contributed by atoms with Crippen LogP contribution in [0.15, 0.2) is 4.99 Å². The van der Waals surface area contributed by atoms with Crippen LogP contribution >= 0.6 is 0 Å². The van der Waals surface area contributed by atoms with E-state index in [4.69, 9.17) is 4.74 Å². The Bertz CT molecular complexity index is 415. The molecule has 0 saturated carbocycles. The van der Waals surface area contributed by atoms with Gasteiger partial charge in [0.1, 0.15) is 12.4 Å². The maximum absolute atomic E-state index is 5.03. The van der Waals surface area contributed by atoms with Crippen LogP contribution < -0.4 is 10.6 Å². The minimum atomic E-state index is 0.515. The average Bonchev–Trinajstić information content (AvgIpc) is 2.77. The molecule has 0 radical (unpaired) electrons. The molecule has 0 unspecified atom stereocenters. The van der Waals surface area contributed by atoms with Gasteiger partial charge in [-0.3, -0.25) is 0 Å². The fraction of sp³-hybridized carbons (Fsp3) is 0.769. The third-order valence-electron chi connectivity index (χ3n) is 2.92. The molecule has 1 aromatic heterocycles. The molecule has 0 saturated heterocycles. The lowest BCUT2D eigenvalue weighted by atomic mass is 10.4. The fourth-order valence-electron chi connectivity index (χ4n) is 1.58. The second-order valence-electron chi connectivity index (χ2n) is 4.59. The number of ether oxygens (including phenoxy) is 1. The van der Waals surface area contributed by atoms with Gasteiger partial charge in [-0.25, -0.2) is 4.99 Å². The van der Waals surface area contributed by atoms with Gasteiger partial charge >= 0.3 is 0 Å². The Morgan fingerprint density at radius 3 is 2.65 bits per heavy atom. The molecule has 7 heteroatoms. The van der Waals surface area contributed by atoms with Crippen molar-refractivity contribution < 1.29 is 4.74 Å². The van der Waals surface area contributed by atoms with E-state index in [0.29, 0.717) is 6.54 Å². The van der Waals surface area contributed by atoms with Gasteiger partial charge < -0.3 is 19.9 Å². The summed E-state index contributed by atoms with van der Waals surface area (Å²) in [5.74, 6) is 2.56. The van der Waals surface area contributed by atoms with E-state index in [1.54, 1.807) is 7.11 Å². The van der Waals surface area contributed by atoms with Crippen molar-refractivity contribution in [3.05, 3.63) is 11.6 Å². The molecule has 1 rings (SSSR count). The summed E-state index contributed by atoms with van der Waals surface area (Å²) in [6.07, 6.45) is 2.01. The van der Waals surface area contributed by atoms with Crippen LogP contribution in [0, 0.1) is 6.92 Å². The highest BCUT2D eigenvalue weighted by Gasteiger charge is 2.04. The van der Waals surface area contributed by atoms with E-state index in [1.165, 1.54) is 0 Å². The van der Waals surface area contributed by atoms with Crippen LogP contribution in [0.5, 0.6) is 0 Å². The van der Waals surface area contributed by atoms with Gasteiger partial charge in [-0.05, 0) is 19.8 Å². The summed E-state index contributed by atoms with van der Waals surface area (Å²) in [4.78, 5) is 4.53. The molecule has 1 heterocycles. The Labute approximate surface area is 120 Å². The minimum absolute atomic E-state index is 0.515. The highest BCUT2D eigenvalue weighted by atomic mass is 16.5. The molecule has 0 amide bonds. The molecular formula is C13H26N6O. The number of aromatic nitrogens is 3. The Morgan fingerprint density at radius 1 is 1.30 bits per heavy atom. The first-order valence-electron chi connectivity index (χ1n) is 7.05. The van der Waals surface area contributed by atoms with Crippen molar-refractivity contribution in [3.63, 3.8) is 0 Å². The first kappa shape index (κ1) is 16.4. The monoisotopic (exact) mass is 282 g/mol. The van der Waals surface area contributed by atoms with Crippen LogP contribution in [0.3, 0.4) is 0 Å². The number of rotatable bonds is 8. The highest BCUT2D eigenvalue weighted by Crippen LogP contribution is 1.98. The van der Waals surface area contributed by atoms with E-state index in [9.17, 15) is 0 Å². The predicted octanol–water partition coefficient (Wildman–Crippen LogP) is 0.605. The lowest BCUT2D eigenvalue weighted by Gasteiger charge is -2.11. The van der Waals surface area contributed by atoms with Crippen molar-refractivity contribution in [2.45, 2.75) is 33.2 Å². The molecule has 1 aromatic rings. The Balaban J connectivity index is 2.52. The van der Waals surface area contributed by atoms with Crippen molar-refractivity contribution >= 4 is 5.96 Å². The maximum atomic E-state index is 5.03. The first-order chi connectivity index (χ1) is 9.69. The van der Waals surface area contributed by atoms with Gasteiger partial charge in [0.2, 0.25) is 0 Å². The number of aliphatic imine (C=N–C) groups is 1. The number of guanidine groups is 1. The molecule has 0 aliphatic carbocycles. The number of hydrogen-bond acceptors (Lipinski definition) is 4. The standard InChI is InChI=1S/C13H26N6O/c1-5-7-14-13(15-8-6-9-20-4)16-10-12-18-17-11(2)19(12)3/h5-10H2,1-4H3,(H2,14,15,16). The maximum Gasteiger partial charge on any atom is 0.191 e. The van der Waals surface area contributed by atoms with E-state index in [0.717, 1.165) is 50.1 Å². The van der Waals surface area contributed by atoms with Crippen LogP contribution in [0.4, 0.5) is 0 Å². The summed E-state index contributed by atoms with van der Waals surface area (Å²) in [5, 5.41) is 14.7. The quantitative estimate of drug-likeness (QED) is 0.415. The van der Waals surface area contributed by atoms with E-state index < -0.39 is 0 Å².